The first kappa shape index (κ1) is 11.0. The second kappa shape index (κ2) is 5.58. The number of methoxy groups -OCH3 is 1. The van der Waals surface area contributed by atoms with Gasteiger partial charge in [0.15, 0.2) is 0 Å². The summed E-state index contributed by atoms with van der Waals surface area (Å²) >= 11 is 0. The molecular weight excluding hydrogens is 166 g/mol. The van der Waals surface area contributed by atoms with Gasteiger partial charge in [0.2, 0.25) is 0 Å². The highest BCUT2D eigenvalue weighted by atomic mass is 16.5. The summed E-state index contributed by atoms with van der Waals surface area (Å²) in [7, 11) is 1.73. The SMILES string of the molecule is COCCC[C@]1(CO)CCCNC1. The molecule has 78 valence electrons. The zero-order chi connectivity index (χ0) is 9.57. The van der Waals surface area contributed by atoms with E-state index >= 15 is 0 Å². The van der Waals surface area contributed by atoms with Crippen molar-refractivity contribution in [2.75, 3.05) is 33.4 Å². The van der Waals surface area contributed by atoms with Crippen molar-refractivity contribution in [3.8, 4) is 0 Å². The molecule has 0 aliphatic carbocycles. The minimum Gasteiger partial charge on any atom is -0.396 e. The maximum absolute atomic E-state index is 9.36. The highest BCUT2D eigenvalue weighted by Gasteiger charge is 2.30. The van der Waals surface area contributed by atoms with E-state index in [1.54, 1.807) is 7.11 Å². The van der Waals surface area contributed by atoms with Crippen LogP contribution in [0.1, 0.15) is 25.7 Å². The van der Waals surface area contributed by atoms with Crippen LogP contribution in [0.4, 0.5) is 0 Å². The number of hydrogen-bond acceptors (Lipinski definition) is 3. The van der Waals surface area contributed by atoms with Gasteiger partial charge in [0.05, 0.1) is 0 Å². The highest BCUT2D eigenvalue weighted by Crippen LogP contribution is 2.30. The van der Waals surface area contributed by atoms with Crippen molar-refractivity contribution in [3.05, 3.63) is 0 Å². The normalized spacial score (nSPS) is 29.1. The molecule has 2 N–H and O–H groups in total. The molecule has 1 atom stereocenters. The molecule has 1 rings (SSSR count). The maximum Gasteiger partial charge on any atom is 0.0499 e. The number of piperidine rings is 1. The first-order valence-corrected chi connectivity index (χ1v) is 5.13. The molecule has 1 aliphatic rings. The Bertz CT molecular complexity index is 133. The fourth-order valence-corrected chi connectivity index (χ4v) is 2.05. The Morgan fingerprint density at radius 3 is 2.92 bits per heavy atom. The Morgan fingerprint density at radius 1 is 1.54 bits per heavy atom. The summed E-state index contributed by atoms with van der Waals surface area (Å²) < 4.78 is 5.02. The molecule has 13 heavy (non-hydrogen) atoms. The van der Waals surface area contributed by atoms with Gasteiger partial charge in [-0.1, -0.05) is 0 Å². The summed E-state index contributed by atoms with van der Waals surface area (Å²) in [5.74, 6) is 0. The van der Waals surface area contributed by atoms with Crippen LogP contribution in [0, 0.1) is 5.41 Å². The first-order valence-electron chi connectivity index (χ1n) is 5.13. The van der Waals surface area contributed by atoms with Crippen molar-refractivity contribution >= 4 is 0 Å². The van der Waals surface area contributed by atoms with Crippen molar-refractivity contribution in [1.82, 2.24) is 5.32 Å². The van der Waals surface area contributed by atoms with Gasteiger partial charge in [0.25, 0.3) is 0 Å². The monoisotopic (exact) mass is 187 g/mol. The molecule has 0 aromatic rings. The molecule has 0 radical (unpaired) electrons. The van der Waals surface area contributed by atoms with Crippen LogP contribution in [0.5, 0.6) is 0 Å². The molecule has 1 aliphatic heterocycles. The minimum absolute atomic E-state index is 0.136. The zero-order valence-electron chi connectivity index (χ0n) is 8.51. The fraction of sp³-hybridized carbons (Fsp3) is 1.00. The van der Waals surface area contributed by atoms with Crippen molar-refractivity contribution in [3.63, 3.8) is 0 Å². The molecular formula is C10H21NO2. The predicted octanol–water partition coefficient (Wildman–Crippen LogP) is 0.775. The average molecular weight is 187 g/mol. The van der Waals surface area contributed by atoms with Gasteiger partial charge in [0, 0.05) is 32.3 Å². The number of aliphatic hydroxyl groups excluding tert-OH is 1. The van der Waals surface area contributed by atoms with E-state index in [2.05, 4.69) is 5.32 Å². The van der Waals surface area contributed by atoms with E-state index in [-0.39, 0.29) is 5.41 Å². The van der Waals surface area contributed by atoms with Crippen molar-refractivity contribution in [1.29, 1.82) is 0 Å². The first-order chi connectivity index (χ1) is 6.33. The van der Waals surface area contributed by atoms with Gasteiger partial charge in [0.1, 0.15) is 0 Å². The lowest BCUT2D eigenvalue weighted by Crippen LogP contribution is -2.42. The molecule has 0 aromatic carbocycles. The van der Waals surface area contributed by atoms with Crippen molar-refractivity contribution in [2.45, 2.75) is 25.7 Å². The van der Waals surface area contributed by atoms with Gasteiger partial charge in [-0.3, -0.25) is 0 Å². The molecule has 0 unspecified atom stereocenters. The topological polar surface area (TPSA) is 41.5 Å². The Kier molecular flexibility index (Phi) is 4.70. The number of ether oxygens (including phenoxy) is 1. The van der Waals surface area contributed by atoms with E-state index in [0.717, 1.165) is 39.0 Å². The highest BCUT2D eigenvalue weighted by molar-refractivity contribution is 4.84. The lowest BCUT2D eigenvalue weighted by molar-refractivity contribution is 0.0732. The summed E-state index contributed by atoms with van der Waals surface area (Å²) in [4.78, 5) is 0. The van der Waals surface area contributed by atoms with Gasteiger partial charge >= 0.3 is 0 Å². The molecule has 3 nitrogen and oxygen atoms in total. The van der Waals surface area contributed by atoms with Crippen LogP contribution in [0.3, 0.4) is 0 Å². The standard InChI is InChI=1S/C10H21NO2/c1-13-7-3-5-10(9-12)4-2-6-11-8-10/h11-12H,2-9H2,1H3/t10-/m1/s1. The molecule has 1 heterocycles. The van der Waals surface area contributed by atoms with Gasteiger partial charge in [-0.2, -0.15) is 0 Å². The molecule has 0 bridgehead atoms. The van der Waals surface area contributed by atoms with Gasteiger partial charge in [-0.15, -0.1) is 0 Å². The maximum atomic E-state index is 9.36. The molecule has 0 saturated carbocycles. The Balaban J connectivity index is 2.29. The van der Waals surface area contributed by atoms with E-state index in [1.807, 2.05) is 0 Å². The van der Waals surface area contributed by atoms with E-state index in [9.17, 15) is 5.11 Å². The third-order valence-corrected chi connectivity index (χ3v) is 2.95. The van der Waals surface area contributed by atoms with E-state index < -0.39 is 0 Å². The van der Waals surface area contributed by atoms with Crippen LogP contribution in [0.25, 0.3) is 0 Å². The van der Waals surface area contributed by atoms with Crippen LogP contribution in [0.2, 0.25) is 0 Å². The van der Waals surface area contributed by atoms with Crippen LogP contribution in [0.15, 0.2) is 0 Å². The second-order valence-electron chi connectivity index (χ2n) is 4.03. The van der Waals surface area contributed by atoms with E-state index in [0.29, 0.717) is 6.61 Å². The molecule has 0 aromatic heterocycles. The van der Waals surface area contributed by atoms with Crippen molar-refractivity contribution < 1.29 is 9.84 Å². The van der Waals surface area contributed by atoms with E-state index in [4.69, 9.17) is 4.74 Å². The second-order valence-corrected chi connectivity index (χ2v) is 4.03. The van der Waals surface area contributed by atoms with Gasteiger partial charge < -0.3 is 15.2 Å². The molecule has 0 amide bonds. The summed E-state index contributed by atoms with van der Waals surface area (Å²) in [6.45, 7) is 3.19. The predicted molar refractivity (Wildman–Crippen MR) is 52.7 cm³/mol. The van der Waals surface area contributed by atoms with Gasteiger partial charge in [-0.25, -0.2) is 0 Å². The Hall–Kier alpha value is -0.120. The summed E-state index contributed by atoms with van der Waals surface area (Å²) in [6.07, 6.45) is 4.47. The summed E-state index contributed by atoms with van der Waals surface area (Å²) in [5, 5.41) is 12.7. The lowest BCUT2D eigenvalue weighted by Gasteiger charge is -2.36. The summed E-state index contributed by atoms with van der Waals surface area (Å²) in [6, 6.07) is 0. The number of rotatable bonds is 5. The van der Waals surface area contributed by atoms with Crippen LogP contribution >= 0.6 is 0 Å². The third-order valence-electron chi connectivity index (χ3n) is 2.95. The van der Waals surface area contributed by atoms with Crippen LogP contribution in [-0.4, -0.2) is 38.5 Å². The number of aliphatic hydroxyl groups is 1. The number of hydrogen-bond donors (Lipinski definition) is 2. The minimum atomic E-state index is 0.136. The molecule has 1 saturated heterocycles. The largest absolute Gasteiger partial charge is 0.396 e. The Morgan fingerprint density at radius 2 is 2.38 bits per heavy atom. The van der Waals surface area contributed by atoms with E-state index in [1.165, 1.54) is 6.42 Å². The smallest absolute Gasteiger partial charge is 0.0499 e. The zero-order valence-corrected chi connectivity index (χ0v) is 8.51. The van der Waals surface area contributed by atoms with Crippen LogP contribution in [-0.2, 0) is 4.74 Å². The number of nitrogens with one attached hydrogen (secondary N) is 1. The summed E-state index contributed by atoms with van der Waals surface area (Å²) in [5.41, 5.74) is 0.136. The molecule has 1 fully saturated rings. The average Bonchev–Trinajstić information content (AvgIpc) is 2.20. The Labute approximate surface area is 80.5 Å². The lowest BCUT2D eigenvalue weighted by atomic mass is 9.78. The fourth-order valence-electron chi connectivity index (χ4n) is 2.05. The molecule has 0 spiro atoms. The van der Waals surface area contributed by atoms with Crippen molar-refractivity contribution in [2.24, 2.45) is 5.41 Å². The third kappa shape index (κ3) is 3.25. The van der Waals surface area contributed by atoms with Crippen LogP contribution < -0.4 is 5.32 Å². The molecule has 3 heteroatoms. The van der Waals surface area contributed by atoms with Gasteiger partial charge in [-0.05, 0) is 32.2 Å². The quantitative estimate of drug-likeness (QED) is 0.625.